The molecule has 2 N–H and O–H groups in total. The number of hydrogen-bond donors (Lipinski definition) is 2. The monoisotopic (exact) mass is 284 g/mol. The first-order chi connectivity index (χ1) is 10.0. The zero-order valence-electron chi connectivity index (χ0n) is 11.9. The Morgan fingerprint density at radius 2 is 1.71 bits per heavy atom. The second-order valence-corrected chi connectivity index (χ2v) is 5.31. The molecule has 0 amide bonds. The van der Waals surface area contributed by atoms with Crippen molar-refractivity contribution in [3.63, 3.8) is 0 Å². The van der Waals surface area contributed by atoms with E-state index in [4.69, 9.17) is 4.74 Å². The van der Waals surface area contributed by atoms with E-state index in [1.165, 1.54) is 0 Å². The number of carbonyl (C=O) groups excluding carboxylic acids is 1. The number of ether oxygens (including phenoxy) is 1. The van der Waals surface area contributed by atoms with Crippen LogP contribution < -0.4 is 4.74 Å². The third kappa shape index (κ3) is 2.03. The van der Waals surface area contributed by atoms with Crippen molar-refractivity contribution in [2.24, 2.45) is 0 Å². The summed E-state index contributed by atoms with van der Waals surface area (Å²) in [6, 6.07) is 9.22. The van der Waals surface area contributed by atoms with Crippen LogP contribution in [-0.2, 0) is 11.2 Å². The number of carbonyl (C=O) groups is 1. The van der Waals surface area contributed by atoms with Gasteiger partial charge in [-0.05, 0) is 19.4 Å². The molecule has 1 unspecified atom stereocenters. The van der Waals surface area contributed by atoms with Gasteiger partial charge in [0.05, 0.1) is 0 Å². The minimum absolute atomic E-state index is 0.00686. The molecule has 4 nitrogen and oxygen atoms in total. The third-order valence-electron chi connectivity index (χ3n) is 3.95. The Hall–Kier alpha value is -2.49. The van der Waals surface area contributed by atoms with Gasteiger partial charge in [-0.2, -0.15) is 0 Å². The summed E-state index contributed by atoms with van der Waals surface area (Å²) < 4.78 is 5.81. The van der Waals surface area contributed by atoms with E-state index in [-0.39, 0.29) is 23.7 Å². The van der Waals surface area contributed by atoms with Gasteiger partial charge in [0, 0.05) is 23.1 Å². The maximum Gasteiger partial charge on any atom is 0.182 e. The van der Waals surface area contributed by atoms with Crippen LogP contribution in [0.25, 0.3) is 0 Å². The van der Waals surface area contributed by atoms with Gasteiger partial charge in [-0.25, -0.2) is 0 Å². The molecule has 1 atom stereocenters. The molecule has 1 heterocycles. The molecule has 2 aromatic carbocycles. The van der Waals surface area contributed by atoms with Crippen LogP contribution in [0.2, 0.25) is 0 Å². The predicted octanol–water partition coefficient (Wildman–Crippen LogP) is 2.96. The first-order valence-electron chi connectivity index (χ1n) is 6.79. The number of hydrogen-bond acceptors (Lipinski definition) is 4. The lowest BCUT2D eigenvalue weighted by molar-refractivity contribution is -0.126. The number of benzene rings is 2. The van der Waals surface area contributed by atoms with Crippen LogP contribution in [0.4, 0.5) is 0 Å². The van der Waals surface area contributed by atoms with Gasteiger partial charge in [0.2, 0.25) is 0 Å². The fourth-order valence-electron chi connectivity index (χ4n) is 2.72. The number of phenolic OH excluding ortho intramolecular Hbond substituents is 2. The van der Waals surface area contributed by atoms with E-state index in [2.05, 4.69) is 0 Å². The number of Topliss-reactive ketones (excluding diaryl/α,β-unsaturated/α-hetero) is 1. The Morgan fingerprint density at radius 3 is 2.38 bits per heavy atom. The van der Waals surface area contributed by atoms with Crippen molar-refractivity contribution in [3.05, 3.63) is 52.6 Å². The van der Waals surface area contributed by atoms with E-state index in [1.807, 2.05) is 30.3 Å². The molecule has 2 aromatic rings. The summed E-state index contributed by atoms with van der Waals surface area (Å²) in [6.07, 6.45) is -0.596. The van der Waals surface area contributed by atoms with Crippen molar-refractivity contribution in [2.45, 2.75) is 26.4 Å². The van der Waals surface area contributed by atoms with Crippen LogP contribution in [0.3, 0.4) is 0 Å². The molecule has 21 heavy (non-hydrogen) atoms. The molecule has 0 bridgehead atoms. The molecule has 0 fully saturated rings. The summed E-state index contributed by atoms with van der Waals surface area (Å²) in [6.45, 7) is 3.34. The lowest BCUT2D eigenvalue weighted by Crippen LogP contribution is -2.26. The van der Waals surface area contributed by atoms with E-state index in [1.54, 1.807) is 13.8 Å². The minimum Gasteiger partial charge on any atom is -0.507 e. The fourth-order valence-corrected chi connectivity index (χ4v) is 2.72. The quantitative estimate of drug-likeness (QED) is 0.845. The Morgan fingerprint density at radius 1 is 1.05 bits per heavy atom. The van der Waals surface area contributed by atoms with Gasteiger partial charge in [0.15, 0.2) is 11.9 Å². The molecule has 0 aromatic heterocycles. The van der Waals surface area contributed by atoms with Crippen LogP contribution in [0.5, 0.6) is 17.2 Å². The van der Waals surface area contributed by atoms with E-state index in [0.717, 1.165) is 5.56 Å². The smallest absolute Gasteiger partial charge is 0.182 e. The van der Waals surface area contributed by atoms with Crippen LogP contribution in [0, 0.1) is 13.8 Å². The molecule has 1 aliphatic heterocycles. The number of fused-ring (bicyclic) bond motifs is 1. The second kappa shape index (κ2) is 4.81. The number of ketones is 1. The van der Waals surface area contributed by atoms with Gasteiger partial charge < -0.3 is 14.9 Å². The number of rotatable bonds is 1. The zero-order valence-corrected chi connectivity index (χ0v) is 11.9. The molecule has 0 saturated carbocycles. The van der Waals surface area contributed by atoms with Gasteiger partial charge >= 0.3 is 0 Å². The molecule has 4 heteroatoms. The molecular formula is C17H16O4. The molecule has 0 saturated heterocycles. The number of phenols is 2. The highest BCUT2D eigenvalue weighted by atomic mass is 16.5. The first kappa shape index (κ1) is 13.5. The average molecular weight is 284 g/mol. The molecule has 3 rings (SSSR count). The SMILES string of the molecule is Cc1c(O)c(C)c2c(c1O)CC(=O)C(c1ccccc1)O2. The van der Waals surface area contributed by atoms with Gasteiger partial charge in [-0.3, -0.25) is 4.79 Å². The van der Waals surface area contributed by atoms with Crippen molar-refractivity contribution < 1.29 is 19.7 Å². The molecule has 0 aliphatic carbocycles. The molecule has 0 spiro atoms. The minimum atomic E-state index is -0.695. The van der Waals surface area contributed by atoms with Gasteiger partial charge in [0.25, 0.3) is 0 Å². The summed E-state index contributed by atoms with van der Waals surface area (Å²) in [5, 5.41) is 20.2. The van der Waals surface area contributed by atoms with Crippen LogP contribution in [0.1, 0.15) is 28.4 Å². The molecule has 0 radical (unpaired) electrons. The lowest BCUT2D eigenvalue weighted by Gasteiger charge is -2.28. The van der Waals surface area contributed by atoms with Gasteiger partial charge in [0.1, 0.15) is 17.2 Å². The Labute approximate surface area is 122 Å². The molecular weight excluding hydrogens is 268 g/mol. The maximum atomic E-state index is 12.3. The molecule has 108 valence electrons. The number of aromatic hydroxyl groups is 2. The summed E-state index contributed by atoms with van der Waals surface area (Å²) in [7, 11) is 0. The molecule has 1 aliphatic rings. The average Bonchev–Trinajstić information content (AvgIpc) is 2.51. The van der Waals surface area contributed by atoms with Crippen molar-refractivity contribution in [2.75, 3.05) is 0 Å². The highest BCUT2D eigenvalue weighted by molar-refractivity contribution is 5.90. The Bertz CT molecular complexity index is 720. The highest BCUT2D eigenvalue weighted by Crippen LogP contribution is 2.46. The largest absolute Gasteiger partial charge is 0.507 e. The summed E-state index contributed by atoms with van der Waals surface area (Å²) in [5.74, 6) is 0.248. The van der Waals surface area contributed by atoms with E-state index >= 15 is 0 Å². The summed E-state index contributed by atoms with van der Waals surface area (Å²) in [4.78, 5) is 12.3. The fraction of sp³-hybridized carbons (Fsp3) is 0.235. The standard InChI is InChI=1S/C17H16O4/c1-9-14(19)10(2)16-12(15(9)20)8-13(18)17(21-16)11-6-4-3-5-7-11/h3-7,17,19-20H,8H2,1-2H3. The maximum absolute atomic E-state index is 12.3. The van der Waals surface area contributed by atoms with E-state index in [9.17, 15) is 15.0 Å². The van der Waals surface area contributed by atoms with Gasteiger partial charge in [-0.1, -0.05) is 30.3 Å². The van der Waals surface area contributed by atoms with Crippen LogP contribution >= 0.6 is 0 Å². The van der Waals surface area contributed by atoms with Crippen molar-refractivity contribution in [3.8, 4) is 17.2 Å². The van der Waals surface area contributed by atoms with Crippen molar-refractivity contribution in [1.82, 2.24) is 0 Å². The Kier molecular flexibility index (Phi) is 3.09. The second-order valence-electron chi connectivity index (χ2n) is 5.31. The predicted molar refractivity (Wildman–Crippen MR) is 77.8 cm³/mol. The van der Waals surface area contributed by atoms with Crippen molar-refractivity contribution >= 4 is 5.78 Å². The Balaban J connectivity index is 2.12. The lowest BCUT2D eigenvalue weighted by atomic mass is 9.92. The van der Waals surface area contributed by atoms with Crippen LogP contribution in [-0.4, -0.2) is 16.0 Å². The first-order valence-corrected chi connectivity index (χ1v) is 6.79. The normalized spacial score (nSPS) is 17.2. The third-order valence-corrected chi connectivity index (χ3v) is 3.95. The highest BCUT2D eigenvalue weighted by Gasteiger charge is 2.33. The van der Waals surface area contributed by atoms with Crippen molar-refractivity contribution in [1.29, 1.82) is 0 Å². The zero-order chi connectivity index (χ0) is 15.1. The van der Waals surface area contributed by atoms with E-state index < -0.39 is 6.10 Å². The van der Waals surface area contributed by atoms with Crippen LogP contribution in [0.15, 0.2) is 30.3 Å². The topological polar surface area (TPSA) is 66.8 Å². The summed E-state index contributed by atoms with van der Waals surface area (Å²) in [5.41, 5.74) is 2.15. The summed E-state index contributed by atoms with van der Waals surface area (Å²) >= 11 is 0. The van der Waals surface area contributed by atoms with Gasteiger partial charge in [-0.15, -0.1) is 0 Å². The van der Waals surface area contributed by atoms with E-state index in [0.29, 0.717) is 22.4 Å².